The highest BCUT2D eigenvalue weighted by Gasteiger charge is 2.43. The molecule has 0 bridgehead atoms. The van der Waals surface area contributed by atoms with E-state index in [9.17, 15) is 0 Å². The third-order valence-corrected chi connectivity index (χ3v) is 10.9. The topological polar surface area (TPSA) is 18.5 Å². The van der Waals surface area contributed by atoms with Gasteiger partial charge in [0.1, 0.15) is 5.75 Å². The van der Waals surface area contributed by atoms with Gasteiger partial charge in [0.15, 0.2) is 14.9 Å². The summed E-state index contributed by atoms with van der Waals surface area (Å²) >= 11 is 0. The Hall–Kier alpha value is -3.66. The van der Waals surface area contributed by atoms with Crippen LogP contribution in [-0.2, 0) is 4.74 Å². The fourth-order valence-corrected chi connectivity index (χ4v) is 9.55. The van der Waals surface area contributed by atoms with Crippen LogP contribution in [0.25, 0.3) is 10.8 Å². The minimum absolute atomic E-state index is 0.171. The second-order valence-electron chi connectivity index (χ2n) is 8.00. The molecular weight excluding hydrogens is 420 g/mol. The second-order valence-corrected chi connectivity index (χ2v) is 11.8. The molecule has 0 aliphatic rings. The number of hydrogen-bond acceptors (Lipinski definition) is 2. The number of hydrogen-bond donors (Lipinski definition) is 0. The number of benzene rings is 5. The van der Waals surface area contributed by atoms with E-state index in [1.807, 2.05) is 6.07 Å². The quantitative estimate of drug-likeness (QED) is 0.214. The van der Waals surface area contributed by atoms with Gasteiger partial charge in [0, 0.05) is 13.2 Å². The number of methoxy groups -OCH3 is 1. The Labute approximate surface area is 196 Å². The fraction of sp³-hybridized carbons (Fsp3) is 0.0667. The summed E-state index contributed by atoms with van der Waals surface area (Å²) in [5.74, 6) is 0.749. The molecule has 0 unspecified atom stereocenters. The van der Waals surface area contributed by atoms with Crippen molar-refractivity contribution >= 4 is 39.6 Å². The van der Waals surface area contributed by atoms with Crippen molar-refractivity contribution in [1.29, 1.82) is 0 Å². The molecule has 2 nitrogen and oxygen atoms in total. The van der Waals surface area contributed by atoms with Crippen molar-refractivity contribution in [2.24, 2.45) is 0 Å². The van der Waals surface area contributed by atoms with Gasteiger partial charge in [-0.25, -0.2) is 0 Å². The summed E-state index contributed by atoms with van der Waals surface area (Å²) in [6, 6.07) is 46.7. The molecule has 161 valence electrons. The predicted octanol–water partition coefficient (Wildman–Crippen LogP) is 4.00. The molecule has 0 aliphatic carbocycles. The summed E-state index contributed by atoms with van der Waals surface area (Å²) in [5, 5.41) is 7.25. The average Bonchev–Trinajstić information content (AvgIpc) is 2.90. The summed E-state index contributed by atoms with van der Waals surface area (Å²) in [6.07, 6.45) is 0. The van der Waals surface area contributed by atoms with E-state index in [1.54, 1.807) is 7.11 Å². The zero-order chi connectivity index (χ0) is 22.5. The molecule has 5 aromatic carbocycles. The molecule has 0 saturated carbocycles. The van der Waals surface area contributed by atoms with Crippen LogP contribution in [-0.4, -0.2) is 22.0 Å². The van der Waals surface area contributed by atoms with Crippen molar-refractivity contribution in [3.05, 3.63) is 127 Å². The maximum absolute atomic E-state index is 6.22. The Bertz CT molecular complexity index is 1240. The molecule has 5 aromatic rings. The molecule has 0 heterocycles. The maximum Gasteiger partial charge on any atom is 0.188 e. The minimum atomic E-state index is -2.72. The van der Waals surface area contributed by atoms with E-state index >= 15 is 0 Å². The molecule has 1 radical (unpaired) electrons. The van der Waals surface area contributed by atoms with Crippen molar-refractivity contribution in [3.63, 3.8) is 0 Å². The average molecular weight is 446 g/mol. The van der Waals surface area contributed by atoms with Gasteiger partial charge in [-0.05, 0) is 31.5 Å². The Kier molecular flexibility index (Phi) is 6.07. The second kappa shape index (κ2) is 9.45. The normalized spacial score (nSPS) is 11.4. The van der Waals surface area contributed by atoms with E-state index in [4.69, 9.17) is 9.47 Å². The fourth-order valence-electron chi connectivity index (χ4n) is 4.69. The standard InChI is InChI=1S/C30H25O2Si/c1-31-23-32-29-21-24-13-11-12-14-25(24)22-30(29)33(26-15-5-2-6-16-26,27-17-7-3-8-18-27)28-19-9-4-10-20-28/h2-20,22H,23H2,1H3. The molecule has 0 spiro atoms. The van der Waals surface area contributed by atoms with Crippen LogP contribution in [0, 0.1) is 6.07 Å². The number of ether oxygens (including phenoxy) is 2. The molecule has 0 N–H and O–H groups in total. The summed E-state index contributed by atoms with van der Waals surface area (Å²) in [7, 11) is -1.07. The van der Waals surface area contributed by atoms with Crippen LogP contribution in [0.1, 0.15) is 0 Å². The van der Waals surface area contributed by atoms with Gasteiger partial charge in [0.25, 0.3) is 0 Å². The van der Waals surface area contributed by atoms with Crippen molar-refractivity contribution < 1.29 is 9.47 Å². The molecule has 0 saturated heterocycles. The van der Waals surface area contributed by atoms with Gasteiger partial charge in [-0.2, -0.15) is 0 Å². The highest BCUT2D eigenvalue weighted by molar-refractivity contribution is 7.20. The third kappa shape index (κ3) is 3.86. The largest absolute Gasteiger partial charge is 0.467 e. The van der Waals surface area contributed by atoms with Gasteiger partial charge >= 0.3 is 0 Å². The summed E-state index contributed by atoms with van der Waals surface area (Å²) in [6.45, 7) is 0.171. The van der Waals surface area contributed by atoms with Crippen LogP contribution in [0.5, 0.6) is 5.75 Å². The Balaban J connectivity index is 1.94. The Morgan fingerprint density at radius 3 is 1.64 bits per heavy atom. The van der Waals surface area contributed by atoms with E-state index in [0.717, 1.165) is 16.5 Å². The molecule has 0 amide bonds. The van der Waals surface area contributed by atoms with Crippen LogP contribution < -0.4 is 25.5 Å². The Morgan fingerprint density at radius 2 is 1.12 bits per heavy atom. The molecule has 3 heteroatoms. The van der Waals surface area contributed by atoms with Crippen LogP contribution in [0.3, 0.4) is 0 Å². The van der Waals surface area contributed by atoms with Crippen LogP contribution >= 0.6 is 0 Å². The maximum atomic E-state index is 6.22. The summed E-state index contributed by atoms with van der Waals surface area (Å²) < 4.78 is 11.5. The van der Waals surface area contributed by atoms with E-state index in [0.29, 0.717) is 0 Å². The van der Waals surface area contributed by atoms with E-state index < -0.39 is 8.07 Å². The van der Waals surface area contributed by atoms with Gasteiger partial charge in [-0.15, -0.1) is 0 Å². The van der Waals surface area contributed by atoms with E-state index in [2.05, 4.69) is 121 Å². The first kappa shape index (κ1) is 21.2. The van der Waals surface area contributed by atoms with Crippen molar-refractivity contribution in [2.75, 3.05) is 13.9 Å². The van der Waals surface area contributed by atoms with Crippen molar-refractivity contribution in [1.82, 2.24) is 0 Å². The first-order valence-electron chi connectivity index (χ1n) is 11.1. The van der Waals surface area contributed by atoms with Gasteiger partial charge in [-0.3, -0.25) is 0 Å². The lowest BCUT2D eigenvalue weighted by atomic mass is 10.1. The molecule has 0 fully saturated rings. The third-order valence-electron chi connectivity index (χ3n) is 6.10. The molecule has 33 heavy (non-hydrogen) atoms. The predicted molar refractivity (Wildman–Crippen MR) is 139 cm³/mol. The molecule has 0 aromatic heterocycles. The van der Waals surface area contributed by atoms with Crippen LogP contribution in [0.15, 0.2) is 121 Å². The first-order valence-corrected chi connectivity index (χ1v) is 13.1. The SMILES string of the molecule is COCOc1[c]c2ccccc2cc1[Si](c1ccccc1)(c1ccccc1)c1ccccc1. The minimum Gasteiger partial charge on any atom is -0.467 e. The monoisotopic (exact) mass is 445 g/mol. The van der Waals surface area contributed by atoms with E-state index in [-0.39, 0.29) is 6.79 Å². The molecule has 0 atom stereocenters. The molecule has 5 rings (SSSR count). The highest BCUT2D eigenvalue weighted by atomic mass is 28.3. The molecule has 0 aliphatic heterocycles. The van der Waals surface area contributed by atoms with Gasteiger partial charge in [-0.1, -0.05) is 121 Å². The molecular formula is C30H25O2Si. The highest BCUT2D eigenvalue weighted by Crippen LogP contribution is 2.23. The summed E-state index contributed by atoms with van der Waals surface area (Å²) in [5.41, 5.74) is 0. The van der Waals surface area contributed by atoms with E-state index in [1.165, 1.54) is 20.7 Å². The first-order chi connectivity index (χ1) is 16.3. The van der Waals surface area contributed by atoms with Crippen molar-refractivity contribution in [3.8, 4) is 5.75 Å². The van der Waals surface area contributed by atoms with Gasteiger partial charge < -0.3 is 9.47 Å². The smallest absolute Gasteiger partial charge is 0.188 e. The van der Waals surface area contributed by atoms with Crippen LogP contribution in [0.2, 0.25) is 0 Å². The van der Waals surface area contributed by atoms with Gasteiger partial charge in [0.2, 0.25) is 0 Å². The lowest BCUT2D eigenvalue weighted by Gasteiger charge is -2.35. The lowest BCUT2D eigenvalue weighted by Crippen LogP contribution is -2.74. The Morgan fingerprint density at radius 1 is 0.636 bits per heavy atom. The van der Waals surface area contributed by atoms with Gasteiger partial charge in [0.05, 0.1) is 0 Å². The van der Waals surface area contributed by atoms with Crippen molar-refractivity contribution in [2.45, 2.75) is 0 Å². The summed E-state index contributed by atoms with van der Waals surface area (Å²) in [4.78, 5) is 0. The lowest BCUT2D eigenvalue weighted by molar-refractivity contribution is 0.0517. The zero-order valence-electron chi connectivity index (χ0n) is 18.6. The zero-order valence-corrected chi connectivity index (χ0v) is 19.6. The van der Waals surface area contributed by atoms with Crippen LogP contribution in [0.4, 0.5) is 0 Å². The number of fused-ring (bicyclic) bond motifs is 1. The number of rotatable bonds is 7.